The predicted octanol–water partition coefficient (Wildman–Crippen LogP) is 1.79. The van der Waals surface area contributed by atoms with Gasteiger partial charge in [-0.25, -0.2) is 0 Å². The van der Waals surface area contributed by atoms with Gasteiger partial charge in [0.05, 0.1) is 12.5 Å². The Kier molecular flexibility index (Phi) is 2.92. The van der Waals surface area contributed by atoms with Crippen molar-refractivity contribution in [3.8, 4) is 11.5 Å². The number of methoxy groups -OCH3 is 3. The number of nitrogens with one attached hydrogen (secondary N) is 1. The molecular weight excluding hydrogens is 306 g/mol. The Morgan fingerprint density at radius 3 is 2.79 bits per heavy atom. The number of hydrogen-bond acceptors (Lipinski definition) is 5. The largest absolute Gasteiger partial charge is 0.493 e. The maximum Gasteiger partial charge on any atom is 0.226 e. The lowest BCUT2D eigenvalue weighted by molar-refractivity contribution is -0.241. The van der Waals surface area contributed by atoms with Gasteiger partial charge in [0.15, 0.2) is 17.6 Å². The highest BCUT2D eigenvalue weighted by Gasteiger charge is 2.68. The molecule has 1 fully saturated rings. The average Bonchev–Trinajstić information content (AvgIpc) is 2.96. The highest BCUT2D eigenvalue weighted by molar-refractivity contribution is 5.62. The van der Waals surface area contributed by atoms with E-state index >= 15 is 0 Å². The molecular formula is C19H23NO4. The standard InChI is InChI=1S/C19H23NO4/c1-21-14-5-4-11-10-13-12-6-7-19(22-2,23-3)17-18(12,8-9-20-13)15(11)16(14)24-17/h4-7,12-13,17,20H,8-10H2,1-3H3/t12?,13?,17?,18-/m1/s1. The normalized spacial score (nSPS) is 36.9. The first-order valence-corrected chi connectivity index (χ1v) is 8.60. The van der Waals surface area contributed by atoms with Crippen LogP contribution >= 0.6 is 0 Å². The van der Waals surface area contributed by atoms with Crippen LogP contribution in [-0.2, 0) is 21.3 Å². The fourth-order valence-corrected chi connectivity index (χ4v) is 5.57. The van der Waals surface area contributed by atoms with Gasteiger partial charge >= 0.3 is 0 Å². The maximum atomic E-state index is 6.54. The van der Waals surface area contributed by atoms with Gasteiger partial charge in [-0.1, -0.05) is 12.1 Å². The third-order valence-corrected chi connectivity index (χ3v) is 6.55. The molecule has 0 saturated carbocycles. The molecule has 3 unspecified atom stereocenters. The van der Waals surface area contributed by atoms with Crippen LogP contribution in [0.1, 0.15) is 17.5 Å². The molecule has 5 rings (SSSR count). The number of hydrogen-bond donors (Lipinski definition) is 1. The molecule has 24 heavy (non-hydrogen) atoms. The fourth-order valence-electron chi connectivity index (χ4n) is 5.57. The van der Waals surface area contributed by atoms with Gasteiger partial charge in [0.1, 0.15) is 0 Å². The van der Waals surface area contributed by atoms with Gasteiger partial charge in [0.25, 0.3) is 0 Å². The highest BCUT2D eigenvalue weighted by Crippen LogP contribution is 2.63. The molecule has 2 heterocycles. The first-order chi connectivity index (χ1) is 11.7. The molecule has 0 radical (unpaired) electrons. The van der Waals surface area contributed by atoms with E-state index in [0.29, 0.717) is 12.0 Å². The van der Waals surface area contributed by atoms with Crippen molar-refractivity contribution in [1.29, 1.82) is 0 Å². The summed E-state index contributed by atoms with van der Waals surface area (Å²) < 4.78 is 23.8. The smallest absolute Gasteiger partial charge is 0.226 e. The van der Waals surface area contributed by atoms with Gasteiger partial charge in [0, 0.05) is 31.7 Å². The Labute approximate surface area is 141 Å². The zero-order valence-corrected chi connectivity index (χ0v) is 14.3. The van der Waals surface area contributed by atoms with Crippen LogP contribution in [0.2, 0.25) is 0 Å². The summed E-state index contributed by atoms with van der Waals surface area (Å²) in [5.74, 6) is 1.20. The van der Waals surface area contributed by atoms with Crippen LogP contribution in [0.15, 0.2) is 24.3 Å². The number of piperidine rings is 1. The SMILES string of the molecule is COc1ccc2c3c1OC1C(OC)(OC)C=CC4C(C2)NCC[C@]341. The summed E-state index contributed by atoms with van der Waals surface area (Å²) in [4.78, 5) is 0. The summed E-state index contributed by atoms with van der Waals surface area (Å²) >= 11 is 0. The molecule has 4 aliphatic rings. The zero-order valence-electron chi connectivity index (χ0n) is 14.3. The topological polar surface area (TPSA) is 49.0 Å². The lowest BCUT2D eigenvalue weighted by Crippen LogP contribution is -2.68. The van der Waals surface area contributed by atoms with Gasteiger partial charge in [0.2, 0.25) is 5.79 Å². The molecule has 2 bridgehead atoms. The molecule has 1 saturated heterocycles. The third kappa shape index (κ3) is 1.47. The van der Waals surface area contributed by atoms with E-state index in [1.807, 2.05) is 12.1 Å². The number of ether oxygens (including phenoxy) is 4. The summed E-state index contributed by atoms with van der Waals surface area (Å²) in [6, 6.07) is 4.65. The van der Waals surface area contributed by atoms with Gasteiger partial charge in [-0.15, -0.1) is 0 Å². The zero-order chi connectivity index (χ0) is 16.5. The Hall–Kier alpha value is -1.56. The Balaban J connectivity index is 1.82. The van der Waals surface area contributed by atoms with Crippen molar-refractivity contribution in [3.63, 3.8) is 0 Å². The summed E-state index contributed by atoms with van der Waals surface area (Å²) in [5.41, 5.74) is 2.56. The summed E-state index contributed by atoms with van der Waals surface area (Å²) in [6.07, 6.45) is 6.15. The molecule has 2 aliphatic carbocycles. The van der Waals surface area contributed by atoms with Crippen LogP contribution in [0, 0.1) is 5.92 Å². The second kappa shape index (κ2) is 4.75. The van der Waals surface area contributed by atoms with Crippen molar-refractivity contribution in [3.05, 3.63) is 35.4 Å². The fraction of sp³-hybridized carbons (Fsp3) is 0.579. The molecule has 1 aromatic rings. The van der Waals surface area contributed by atoms with E-state index in [2.05, 4.69) is 17.5 Å². The van der Waals surface area contributed by atoms with Crippen molar-refractivity contribution in [2.75, 3.05) is 27.9 Å². The van der Waals surface area contributed by atoms with Crippen LogP contribution in [-0.4, -0.2) is 45.8 Å². The molecule has 2 aliphatic heterocycles. The van der Waals surface area contributed by atoms with Crippen LogP contribution in [0.4, 0.5) is 0 Å². The van der Waals surface area contributed by atoms with E-state index in [-0.39, 0.29) is 11.5 Å². The molecule has 5 heteroatoms. The number of rotatable bonds is 3. The molecule has 1 aromatic carbocycles. The monoisotopic (exact) mass is 329 g/mol. The lowest BCUT2D eigenvalue weighted by atomic mass is 9.53. The molecule has 5 nitrogen and oxygen atoms in total. The molecule has 4 atom stereocenters. The summed E-state index contributed by atoms with van der Waals surface area (Å²) in [7, 11) is 5.08. The third-order valence-electron chi connectivity index (χ3n) is 6.55. The van der Waals surface area contributed by atoms with E-state index in [4.69, 9.17) is 18.9 Å². The first-order valence-electron chi connectivity index (χ1n) is 8.60. The lowest BCUT2D eigenvalue weighted by Gasteiger charge is -2.56. The first kappa shape index (κ1) is 14.8. The van der Waals surface area contributed by atoms with Gasteiger partial charge in [-0.2, -0.15) is 0 Å². The highest BCUT2D eigenvalue weighted by atomic mass is 16.7. The predicted molar refractivity (Wildman–Crippen MR) is 88.6 cm³/mol. The van der Waals surface area contributed by atoms with Gasteiger partial charge in [-0.05, 0) is 37.1 Å². The van der Waals surface area contributed by atoms with Crippen molar-refractivity contribution in [2.45, 2.75) is 36.2 Å². The second-order valence-electron chi connectivity index (χ2n) is 7.20. The average molecular weight is 329 g/mol. The van der Waals surface area contributed by atoms with Gasteiger partial charge < -0.3 is 24.3 Å². The van der Waals surface area contributed by atoms with E-state index in [1.165, 1.54) is 11.1 Å². The van der Waals surface area contributed by atoms with Crippen molar-refractivity contribution in [1.82, 2.24) is 5.32 Å². The van der Waals surface area contributed by atoms with Crippen LogP contribution in [0.25, 0.3) is 0 Å². The Morgan fingerprint density at radius 1 is 1.21 bits per heavy atom. The van der Waals surface area contributed by atoms with E-state index in [9.17, 15) is 0 Å². The van der Waals surface area contributed by atoms with E-state index < -0.39 is 5.79 Å². The minimum Gasteiger partial charge on any atom is -0.493 e. The van der Waals surface area contributed by atoms with E-state index in [0.717, 1.165) is 30.9 Å². The Morgan fingerprint density at radius 2 is 2.04 bits per heavy atom. The maximum absolute atomic E-state index is 6.54. The van der Waals surface area contributed by atoms with Crippen molar-refractivity contribution >= 4 is 0 Å². The molecule has 0 aromatic heterocycles. The molecule has 1 spiro atoms. The van der Waals surface area contributed by atoms with Crippen molar-refractivity contribution < 1.29 is 18.9 Å². The Bertz CT molecular complexity index is 726. The molecule has 0 amide bonds. The second-order valence-corrected chi connectivity index (χ2v) is 7.20. The summed E-state index contributed by atoms with van der Waals surface area (Å²) in [6.45, 7) is 0.981. The molecule has 128 valence electrons. The quantitative estimate of drug-likeness (QED) is 0.677. The summed E-state index contributed by atoms with van der Waals surface area (Å²) in [5, 5.41) is 3.70. The van der Waals surface area contributed by atoms with Crippen molar-refractivity contribution in [2.24, 2.45) is 5.92 Å². The van der Waals surface area contributed by atoms with Crippen LogP contribution < -0.4 is 14.8 Å². The minimum absolute atomic E-state index is 0.117. The van der Waals surface area contributed by atoms with Crippen LogP contribution in [0.5, 0.6) is 11.5 Å². The van der Waals surface area contributed by atoms with E-state index in [1.54, 1.807) is 21.3 Å². The number of benzene rings is 1. The van der Waals surface area contributed by atoms with Gasteiger partial charge in [-0.3, -0.25) is 0 Å². The van der Waals surface area contributed by atoms with Crippen LogP contribution in [0.3, 0.4) is 0 Å². The molecule has 1 N–H and O–H groups in total. The minimum atomic E-state index is -0.864.